The number of aliphatic carboxylic acids is 1. The summed E-state index contributed by atoms with van der Waals surface area (Å²) in [6.07, 6.45) is -0.499. The van der Waals surface area contributed by atoms with Gasteiger partial charge in [0.2, 0.25) is 10.0 Å². The smallest absolute Gasteiger partial charge is 0.305 e. The first kappa shape index (κ1) is 20.8. The van der Waals surface area contributed by atoms with Gasteiger partial charge in [0, 0.05) is 5.56 Å². The number of carbonyl (C=O) groups is 2. The van der Waals surface area contributed by atoms with E-state index < -0.39 is 40.2 Å². The fraction of sp³-hybridized carbons (Fsp3) is 0.176. The molecule has 1 amide bonds. The number of hydrogen-bond acceptors (Lipinski definition) is 4. The summed E-state index contributed by atoms with van der Waals surface area (Å²) in [6.45, 7) is 0. The third-order valence-electron chi connectivity index (χ3n) is 3.71. The van der Waals surface area contributed by atoms with Crippen LogP contribution in [0.25, 0.3) is 0 Å². The fourth-order valence-corrected chi connectivity index (χ4v) is 3.21. The summed E-state index contributed by atoms with van der Waals surface area (Å²) in [5, 5.41) is 11.4. The van der Waals surface area contributed by atoms with Crippen molar-refractivity contribution in [2.75, 3.05) is 7.05 Å². The van der Waals surface area contributed by atoms with Crippen LogP contribution in [0.5, 0.6) is 0 Å². The molecule has 27 heavy (non-hydrogen) atoms. The molecule has 0 saturated carbocycles. The molecule has 3 N–H and O–H groups in total. The highest BCUT2D eigenvalue weighted by Crippen LogP contribution is 2.23. The molecular formula is C17H16ClFN2O5S. The highest BCUT2D eigenvalue weighted by atomic mass is 35.5. The minimum atomic E-state index is -3.75. The van der Waals surface area contributed by atoms with E-state index in [0.717, 1.165) is 12.1 Å². The molecule has 10 heteroatoms. The van der Waals surface area contributed by atoms with E-state index in [4.69, 9.17) is 16.7 Å². The highest BCUT2D eigenvalue weighted by molar-refractivity contribution is 7.89. The Kier molecular flexibility index (Phi) is 6.53. The highest BCUT2D eigenvalue weighted by Gasteiger charge is 2.21. The first-order valence-electron chi connectivity index (χ1n) is 7.65. The van der Waals surface area contributed by atoms with Gasteiger partial charge in [-0.2, -0.15) is 0 Å². The van der Waals surface area contributed by atoms with Crippen molar-refractivity contribution in [2.24, 2.45) is 0 Å². The minimum absolute atomic E-state index is 0.0103. The Morgan fingerprint density at radius 2 is 1.93 bits per heavy atom. The van der Waals surface area contributed by atoms with E-state index in [-0.39, 0.29) is 21.0 Å². The van der Waals surface area contributed by atoms with Gasteiger partial charge in [-0.25, -0.2) is 17.5 Å². The topological polar surface area (TPSA) is 113 Å². The number of sulfonamides is 1. The van der Waals surface area contributed by atoms with E-state index in [1.165, 1.54) is 37.4 Å². The van der Waals surface area contributed by atoms with Gasteiger partial charge in [0.25, 0.3) is 5.91 Å². The predicted octanol–water partition coefficient (Wildman–Crippen LogP) is 2.33. The van der Waals surface area contributed by atoms with Crippen molar-refractivity contribution in [3.8, 4) is 0 Å². The summed E-state index contributed by atoms with van der Waals surface area (Å²) in [4.78, 5) is 23.5. The van der Waals surface area contributed by atoms with Gasteiger partial charge in [0.15, 0.2) is 0 Å². The number of amides is 1. The number of carboxylic acid groups (broad SMARTS) is 1. The molecule has 0 bridgehead atoms. The molecule has 0 aliphatic heterocycles. The molecule has 1 atom stereocenters. The molecule has 144 valence electrons. The second-order valence-corrected chi connectivity index (χ2v) is 7.83. The average Bonchev–Trinajstić information content (AvgIpc) is 2.63. The predicted molar refractivity (Wildman–Crippen MR) is 96.6 cm³/mol. The number of halogens is 2. The summed E-state index contributed by atoms with van der Waals surface area (Å²) < 4.78 is 39.6. The van der Waals surface area contributed by atoms with Crippen LogP contribution in [0, 0.1) is 5.82 Å². The summed E-state index contributed by atoms with van der Waals surface area (Å²) in [7, 11) is -2.52. The normalized spacial score (nSPS) is 12.4. The molecule has 0 saturated heterocycles. The van der Waals surface area contributed by atoms with Crippen LogP contribution in [-0.2, 0) is 14.8 Å². The Bertz CT molecular complexity index is 981. The van der Waals surface area contributed by atoms with Crippen LogP contribution in [0.1, 0.15) is 28.4 Å². The summed E-state index contributed by atoms with van der Waals surface area (Å²) in [6, 6.07) is 7.89. The number of carboxylic acids is 1. The zero-order valence-electron chi connectivity index (χ0n) is 14.1. The van der Waals surface area contributed by atoms with Crippen LogP contribution in [0.3, 0.4) is 0 Å². The van der Waals surface area contributed by atoms with Crippen molar-refractivity contribution >= 4 is 33.5 Å². The molecule has 0 heterocycles. The molecule has 2 aromatic carbocycles. The summed E-state index contributed by atoms with van der Waals surface area (Å²) in [5.74, 6) is -2.66. The van der Waals surface area contributed by atoms with Crippen LogP contribution >= 0.6 is 11.6 Å². The van der Waals surface area contributed by atoms with Crippen molar-refractivity contribution in [2.45, 2.75) is 17.4 Å². The molecule has 2 rings (SSSR count). The average molecular weight is 415 g/mol. The zero-order valence-corrected chi connectivity index (χ0v) is 15.6. The molecule has 7 nitrogen and oxygen atoms in total. The summed E-state index contributed by atoms with van der Waals surface area (Å²) >= 11 is 5.63. The van der Waals surface area contributed by atoms with E-state index in [1.807, 2.05) is 0 Å². The lowest BCUT2D eigenvalue weighted by Gasteiger charge is -2.18. The Hall–Kier alpha value is -2.49. The standard InChI is InChI=1S/C17H16ClFN2O5S/c1-20-27(25,26)12-4-2-3-11(7-12)17(24)21-15(9-16(22)23)10-5-6-13(18)14(19)8-10/h2-8,15,20H,9H2,1H3,(H,21,24)(H,22,23). The Morgan fingerprint density at radius 1 is 1.22 bits per heavy atom. The number of hydrogen-bond donors (Lipinski definition) is 3. The SMILES string of the molecule is CNS(=O)(=O)c1cccc(C(=O)NC(CC(=O)O)c2ccc(Cl)c(F)c2)c1. The number of carbonyl (C=O) groups excluding carboxylic acids is 1. The van der Waals surface area contributed by atoms with Gasteiger partial charge in [-0.15, -0.1) is 0 Å². The van der Waals surface area contributed by atoms with Crippen LogP contribution in [0.15, 0.2) is 47.4 Å². The molecule has 2 aromatic rings. The maximum atomic E-state index is 13.7. The summed E-state index contributed by atoms with van der Waals surface area (Å²) in [5.41, 5.74) is 0.225. The van der Waals surface area contributed by atoms with Gasteiger partial charge in [0.1, 0.15) is 5.82 Å². The van der Waals surface area contributed by atoms with E-state index in [9.17, 15) is 22.4 Å². The van der Waals surface area contributed by atoms with Crippen LogP contribution in [0.4, 0.5) is 4.39 Å². The van der Waals surface area contributed by atoms with Crippen molar-refractivity contribution in [1.82, 2.24) is 10.0 Å². The van der Waals surface area contributed by atoms with Gasteiger partial charge < -0.3 is 10.4 Å². The Labute approximate surface area is 160 Å². The van der Waals surface area contributed by atoms with Gasteiger partial charge in [-0.3, -0.25) is 9.59 Å². The van der Waals surface area contributed by atoms with E-state index >= 15 is 0 Å². The van der Waals surface area contributed by atoms with Crippen molar-refractivity contribution in [3.05, 3.63) is 64.4 Å². The molecular weight excluding hydrogens is 399 g/mol. The lowest BCUT2D eigenvalue weighted by molar-refractivity contribution is -0.137. The maximum absolute atomic E-state index is 13.7. The van der Waals surface area contributed by atoms with Crippen LogP contribution < -0.4 is 10.0 Å². The van der Waals surface area contributed by atoms with Gasteiger partial charge in [-0.05, 0) is 42.9 Å². The van der Waals surface area contributed by atoms with E-state index in [1.54, 1.807) is 0 Å². The molecule has 0 spiro atoms. The first-order valence-corrected chi connectivity index (χ1v) is 9.51. The largest absolute Gasteiger partial charge is 0.481 e. The van der Waals surface area contributed by atoms with E-state index in [2.05, 4.69) is 10.0 Å². The zero-order chi connectivity index (χ0) is 20.2. The molecule has 0 aliphatic carbocycles. The second-order valence-electron chi connectivity index (χ2n) is 5.53. The molecule has 0 aromatic heterocycles. The monoisotopic (exact) mass is 414 g/mol. The first-order chi connectivity index (χ1) is 12.6. The van der Waals surface area contributed by atoms with Gasteiger partial charge >= 0.3 is 5.97 Å². The molecule has 0 radical (unpaired) electrons. The van der Waals surface area contributed by atoms with Gasteiger partial charge in [-0.1, -0.05) is 23.7 Å². The van der Waals surface area contributed by atoms with Gasteiger partial charge in [0.05, 0.1) is 22.4 Å². The Balaban J connectivity index is 2.32. The van der Waals surface area contributed by atoms with Crippen molar-refractivity contribution in [1.29, 1.82) is 0 Å². The van der Waals surface area contributed by atoms with Crippen molar-refractivity contribution in [3.63, 3.8) is 0 Å². The molecule has 1 unspecified atom stereocenters. The number of benzene rings is 2. The molecule has 0 fully saturated rings. The fourth-order valence-electron chi connectivity index (χ4n) is 2.32. The number of nitrogens with one attached hydrogen (secondary N) is 2. The second kappa shape index (κ2) is 8.47. The third-order valence-corrected chi connectivity index (χ3v) is 5.42. The third kappa shape index (κ3) is 5.25. The van der Waals surface area contributed by atoms with E-state index in [0.29, 0.717) is 0 Å². The quantitative estimate of drug-likeness (QED) is 0.643. The van der Waals surface area contributed by atoms with Crippen LogP contribution in [0.2, 0.25) is 5.02 Å². The molecule has 0 aliphatic rings. The Morgan fingerprint density at radius 3 is 2.52 bits per heavy atom. The lowest BCUT2D eigenvalue weighted by atomic mass is 10.0. The number of rotatable bonds is 7. The van der Waals surface area contributed by atoms with Crippen molar-refractivity contribution < 1.29 is 27.5 Å². The minimum Gasteiger partial charge on any atom is -0.481 e. The maximum Gasteiger partial charge on any atom is 0.305 e. The lowest BCUT2D eigenvalue weighted by Crippen LogP contribution is -2.30. The van der Waals surface area contributed by atoms with Crippen LogP contribution in [-0.4, -0.2) is 32.4 Å².